The second-order valence-electron chi connectivity index (χ2n) is 5.06. The lowest BCUT2D eigenvalue weighted by Gasteiger charge is -2.43. The van der Waals surface area contributed by atoms with Gasteiger partial charge in [-0.15, -0.1) is 0 Å². The maximum absolute atomic E-state index is 12.7. The first-order valence-corrected chi connectivity index (χ1v) is 7.31. The lowest BCUT2D eigenvalue weighted by atomic mass is 9.79. The zero-order chi connectivity index (χ0) is 12.6. The second kappa shape index (κ2) is 4.39. The van der Waals surface area contributed by atoms with E-state index < -0.39 is 5.54 Å². The predicted octanol–water partition coefficient (Wildman–Crippen LogP) is 1.91. The third kappa shape index (κ3) is 1.82. The Bertz CT molecular complexity index is 463. The summed E-state index contributed by atoms with van der Waals surface area (Å²) in [5, 5.41) is 6.80. The summed E-state index contributed by atoms with van der Waals surface area (Å²) in [5.74, 6) is 0.0305. The van der Waals surface area contributed by atoms with Gasteiger partial charge in [-0.25, -0.2) is 0 Å². The van der Waals surface area contributed by atoms with Gasteiger partial charge in [0.15, 0.2) is 0 Å². The quantitative estimate of drug-likeness (QED) is 0.842. The van der Waals surface area contributed by atoms with Crippen molar-refractivity contribution in [2.45, 2.75) is 37.6 Å². The zero-order valence-corrected chi connectivity index (χ0v) is 11.0. The van der Waals surface area contributed by atoms with Gasteiger partial charge in [-0.2, -0.15) is 11.3 Å². The first-order valence-electron chi connectivity index (χ1n) is 6.36. The van der Waals surface area contributed by atoms with Crippen molar-refractivity contribution in [2.24, 2.45) is 0 Å². The molecule has 0 atom stereocenters. The molecule has 1 aromatic rings. The number of hydrogen-bond donors (Lipinski definition) is 1. The molecule has 1 aliphatic carbocycles. The standard InChI is InChI=1S/C13H16N2O2S/c16-11-8-15(10-4-7-18-9-10)12(17)13(14-11)5-2-1-3-6-13/h4,7,9H,1-3,5-6,8H2,(H,14,16). The van der Waals surface area contributed by atoms with Gasteiger partial charge in [-0.05, 0) is 24.3 Å². The fourth-order valence-electron chi connectivity index (χ4n) is 2.95. The van der Waals surface area contributed by atoms with Crippen LogP contribution >= 0.6 is 11.3 Å². The van der Waals surface area contributed by atoms with Gasteiger partial charge in [0.25, 0.3) is 5.91 Å². The van der Waals surface area contributed by atoms with E-state index in [2.05, 4.69) is 5.32 Å². The molecule has 0 bridgehead atoms. The van der Waals surface area contributed by atoms with Crippen LogP contribution in [0, 0.1) is 0 Å². The van der Waals surface area contributed by atoms with Crippen LogP contribution in [0.5, 0.6) is 0 Å². The van der Waals surface area contributed by atoms with Gasteiger partial charge < -0.3 is 10.2 Å². The number of amides is 2. The maximum Gasteiger partial charge on any atom is 0.253 e. The van der Waals surface area contributed by atoms with Crippen molar-refractivity contribution in [3.63, 3.8) is 0 Å². The van der Waals surface area contributed by atoms with E-state index in [1.165, 1.54) is 0 Å². The number of piperazine rings is 1. The zero-order valence-electron chi connectivity index (χ0n) is 10.1. The molecule has 1 spiro atoms. The van der Waals surface area contributed by atoms with Gasteiger partial charge >= 0.3 is 0 Å². The van der Waals surface area contributed by atoms with E-state index >= 15 is 0 Å². The van der Waals surface area contributed by atoms with E-state index in [4.69, 9.17) is 0 Å². The number of anilines is 1. The molecule has 1 aromatic heterocycles. The minimum absolute atomic E-state index is 0.0392. The SMILES string of the molecule is O=C1CN(c2ccsc2)C(=O)C2(CCCCC2)N1. The van der Waals surface area contributed by atoms with Crippen molar-refractivity contribution in [2.75, 3.05) is 11.4 Å². The van der Waals surface area contributed by atoms with E-state index in [1.54, 1.807) is 16.2 Å². The smallest absolute Gasteiger partial charge is 0.253 e. The molecule has 4 nitrogen and oxygen atoms in total. The number of carbonyl (C=O) groups excluding carboxylic acids is 2. The highest BCUT2D eigenvalue weighted by molar-refractivity contribution is 7.08. The Morgan fingerprint density at radius 1 is 1.22 bits per heavy atom. The number of nitrogens with zero attached hydrogens (tertiary/aromatic N) is 1. The molecule has 0 unspecified atom stereocenters. The summed E-state index contributed by atoms with van der Waals surface area (Å²) in [4.78, 5) is 26.2. The molecule has 18 heavy (non-hydrogen) atoms. The largest absolute Gasteiger partial charge is 0.340 e. The number of rotatable bonds is 1. The lowest BCUT2D eigenvalue weighted by molar-refractivity contribution is -0.137. The summed E-state index contributed by atoms with van der Waals surface area (Å²) < 4.78 is 0. The fourth-order valence-corrected chi connectivity index (χ4v) is 3.59. The van der Waals surface area contributed by atoms with Crippen LogP contribution in [-0.4, -0.2) is 23.9 Å². The summed E-state index contributed by atoms with van der Waals surface area (Å²) in [6.07, 6.45) is 4.74. The molecule has 1 aliphatic heterocycles. The van der Waals surface area contributed by atoms with Crippen molar-refractivity contribution in [3.8, 4) is 0 Å². The Hall–Kier alpha value is -1.36. The van der Waals surface area contributed by atoms with Gasteiger partial charge in [0.05, 0.1) is 5.69 Å². The van der Waals surface area contributed by atoms with Gasteiger partial charge in [0, 0.05) is 5.38 Å². The molecule has 2 amide bonds. The van der Waals surface area contributed by atoms with Crippen LogP contribution in [0.15, 0.2) is 16.8 Å². The van der Waals surface area contributed by atoms with E-state index in [9.17, 15) is 9.59 Å². The molecule has 2 heterocycles. The van der Waals surface area contributed by atoms with E-state index in [1.807, 2.05) is 16.8 Å². The molecule has 96 valence electrons. The van der Waals surface area contributed by atoms with Gasteiger partial charge in [0.2, 0.25) is 5.91 Å². The minimum Gasteiger partial charge on any atom is -0.340 e. The minimum atomic E-state index is -0.629. The second-order valence-corrected chi connectivity index (χ2v) is 5.84. The first kappa shape index (κ1) is 11.7. The molecule has 1 saturated heterocycles. The summed E-state index contributed by atoms with van der Waals surface area (Å²) in [6.45, 7) is 0.150. The highest BCUT2D eigenvalue weighted by Gasteiger charge is 2.47. The molecule has 0 aromatic carbocycles. The summed E-state index contributed by atoms with van der Waals surface area (Å²) >= 11 is 1.55. The highest BCUT2D eigenvalue weighted by Crippen LogP contribution is 2.34. The summed E-state index contributed by atoms with van der Waals surface area (Å²) in [7, 11) is 0. The number of hydrogen-bond acceptors (Lipinski definition) is 3. The summed E-state index contributed by atoms with van der Waals surface area (Å²) in [6, 6.07) is 1.90. The molecular formula is C13H16N2O2S. The number of carbonyl (C=O) groups is 2. The molecular weight excluding hydrogens is 248 g/mol. The lowest BCUT2D eigenvalue weighted by Crippen LogP contribution is -2.67. The average Bonchev–Trinajstić information content (AvgIpc) is 2.89. The Kier molecular flexibility index (Phi) is 2.86. The Balaban J connectivity index is 1.92. The van der Waals surface area contributed by atoms with Crippen LogP contribution in [0.4, 0.5) is 5.69 Å². The molecule has 1 N–H and O–H groups in total. The Morgan fingerprint density at radius 3 is 2.67 bits per heavy atom. The van der Waals surface area contributed by atoms with Gasteiger partial charge in [-0.1, -0.05) is 19.3 Å². The average molecular weight is 264 g/mol. The van der Waals surface area contributed by atoms with Crippen molar-refractivity contribution in [1.82, 2.24) is 5.32 Å². The third-order valence-corrected chi connectivity index (χ3v) is 4.53. The highest BCUT2D eigenvalue weighted by atomic mass is 32.1. The van der Waals surface area contributed by atoms with Gasteiger partial charge in [-0.3, -0.25) is 9.59 Å². The topological polar surface area (TPSA) is 49.4 Å². The fraction of sp³-hybridized carbons (Fsp3) is 0.538. The molecule has 5 heteroatoms. The van der Waals surface area contributed by atoms with Crippen LogP contribution < -0.4 is 10.2 Å². The molecule has 2 fully saturated rings. The van der Waals surface area contributed by atoms with Crippen molar-refractivity contribution >= 4 is 28.8 Å². The van der Waals surface area contributed by atoms with Crippen LogP contribution in [0.1, 0.15) is 32.1 Å². The molecule has 1 saturated carbocycles. The van der Waals surface area contributed by atoms with Crippen molar-refractivity contribution in [1.29, 1.82) is 0 Å². The Labute approximate surface area is 110 Å². The number of nitrogens with one attached hydrogen (secondary N) is 1. The summed E-state index contributed by atoms with van der Waals surface area (Å²) in [5.41, 5.74) is 0.222. The predicted molar refractivity (Wildman–Crippen MR) is 70.6 cm³/mol. The van der Waals surface area contributed by atoms with E-state index in [0.29, 0.717) is 0 Å². The van der Waals surface area contributed by atoms with E-state index in [-0.39, 0.29) is 18.4 Å². The molecule has 0 radical (unpaired) electrons. The van der Waals surface area contributed by atoms with Gasteiger partial charge in [0.1, 0.15) is 12.1 Å². The molecule has 2 aliphatic rings. The van der Waals surface area contributed by atoms with Crippen LogP contribution in [0.2, 0.25) is 0 Å². The normalized spacial score (nSPS) is 23.2. The monoisotopic (exact) mass is 264 g/mol. The van der Waals surface area contributed by atoms with Crippen LogP contribution in [-0.2, 0) is 9.59 Å². The van der Waals surface area contributed by atoms with E-state index in [0.717, 1.165) is 37.8 Å². The Morgan fingerprint density at radius 2 is 2.00 bits per heavy atom. The van der Waals surface area contributed by atoms with Crippen molar-refractivity contribution < 1.29 is 9.59 Å². The maximum atomic E-state index is 12.7. The molecule has 3 rings (SSSR count). The van der Waals surface area contributed by atoms with Crippen molar-refractivity contribution in [3.05, 3.63) is 16.8 Å². The third-order valence-electron chi connectivity index (χ3n) is 3.86. The van der Waals surface area contributed by atoms with Crippen LogP contribution in [0.25, 0.3) is 0 Å². The first-order chi connectivity index (χ1) is 8.71. The van der Waals surface area contributed by atoms with Crippen LogP contribution in [0.3, 0.4) is 0 Å². The number of thiophene rings is 1.